The van der Waals surface area contributed by atoms with Crippen molar-refractivity contribution in [2.24, 2.45) is 0 Å². The Bertz CT molecular complexity index is 552. The molecule has 3 rings (SSSR count). The number of benzene rings is 1. The number of nitrogens with zero attached hydrogens (tertiary/aromatic N) is 2. The third-order valence-electron chi connectivity index (χ3n) is 3.01. The second-order valence-corrected chi connectivity index (χ2v) is 5.39. The number of hydrogen-bond donors (Lipinski definition) is 1. The van der Waals surface area contributed by atoms with E-state index in [4.69, 9.17) is 0 Å². The minimum Gasteiger partial charge on any atom is -0.353 e. The van der Waals surface area contributed by atoms with Gasteiger partial charge in [-0.2, -0.15) is 0 Å². The summed E-state index contributed by atoms with van der Waals surface area (Å²) in [6.07, 6.45) is 1.90. The van der Waals surface area contributed by atoms with Crippen molar-refractivity contribution in [2.45, 2.75) is 25.8 Å². The van der Waals surface area contributed by atoms with E-state index in [0.29, 0.717) is 0 Å². The molecule has 0 bridgehead atoms. The Kier molecular flexibility index (Phi) is 2.55. The highest BCUT2D eigenvalue weighted by molar-refractivity contribution is 7.15. The van der Waals surface area contributed by atoms with Gasteiger partial charge in [-0.3, -0.25) is 0 Å². The molecule has 17 heavy (non-hydrogen) atoms. The van der Waals surface area contributed by atoms with Crippen LogP contribution in [0.2, 0.25) is 0 Å². The van der Waals surface area contributed by atoms with Crippen LogP contribution in [0.15, 0.2) is 18.2 Å². The molecule has 0 amide bonds. The smallest absolute Gasteiger partial charge is 0.206 e. The van der Waals surface area contributed by atoms with Crippen molar-refractivity contribution in [3.63, 3.8) is 0 Å². The van der Waals surface area contributed by atoms with Crippen LogP contribution >= 0.6 is 11.3 Å². The molecule has 0 fully saturated rings. The molecule has 1 aromatic heterocycles. The molecule has 1 N–H and O–H groups in total. The summed E-state index contributed by atoms with van der Waals surface area (Å²) in [5.41, 5.74) is 2.28. The van der Waals surface area contributed by atoms with Crippen LogP contribution in [0, 0.1) is 12.7 Å². The zero-order valence-electron chi connectivity index (χ0n) is 9.40. The van der Waals surface area contributed by atoms with Gasteiger partial charge in [0.25, 0.3) is 0 Å². The maximum atomic E-state index is 13.1. The first-order valence-corrected chi connectivity index (χ1v) is 6.39. The van der Waals surface area contributed by atoms with Crippen molar-refractivity contribution in [2.75, 3.05) is 5.32 Å². The van der Waals surface area contributed by atoms with Crippen LogP contribution in [0.1, 0.15) is 28.6 Å². The number of rotatable bonds is 2. The lowest BCUT2D eigenvalue weighted by Crippen LogP contribution is -2.06. The normalized spacial score (nSPS) is 18.1. The average molecular weight is 249 g/mol. The van der Waals surface area contributed by atoms with Crippen LogP contribution in [0.4, 0.5) is 9.52 Å². The van der Waals surface area contributed by atoms with E-state index in [1.807, 2.05) is 13.0 Å². The Morgan fingerprint density at radius 3 is 3.06 bits per heavy atom. The zero-order valence-corrected chi connectivity index (χ0v) is 10.2. The highest BCUT2D eigenvalue weighted by Crippen LogP contribution is 2.34. The second kappa shape index (κ2) is 4.07. The molecule has 1 aromatic carbocycles. The van der Waals surface area contributed by atoms with E-state index in [1.54, 1.807) is 17.4 Å². The lowest BCUT2D eigenvalue weighted by Gasteiger charge is -2.12. The SMILES string of the molecule is Cc1nnc(NC2CCc3cc(F)ccc32)s1. The Hall–Kier alpha value is -1.49. The van der Waals surface area contributed by atoms with Gasteiger partial charge in [0.15, 0.2) is 0 Å². The Labute approximate surface area is 103 Å². The van der Waals surface area contributed by atoms with Crippen LogP contribution < -0.4 is 5.32 Å². The number of hydrogen-bond acceptors (Lipinski definition) is 4. The molecule has 3 nitrogen and oxygen atoms in total. The molecule has 1 aliphatic carbocycles. The highest BCUT2D eigenvalue weighted by atomic mass is 32.1. The molecule has 0 radical (unpaired) electrons. The molecule has 5 heteroatoms. The number of nitrogens with one attached hydrogen (secondary N) is 1. The highest BCUT2D eigenvalue weighted by Gasteiger charge is 2.23. The van der Waals surface area contributed by atoms with Gasteiger partial charge in [-0.15, -0.1) is 10.2 Å². The summed E-state index contributed by atoms with van der Waals surface area (Å²) >= 11 is 1.54. The largest absolute Gasteiger partial charge is 0.353 e. The van der Waals surface area contributed by atoms with E-state index < -0.39 is 0 Å². The maximum Gasteiger partial charge on any atom is 0.206 e. The molecule has 2 aromatic rings. The summed E-state index contributed by atoms with van der Waals surface area (Å²) in [6, 6.07) is 5.24. The van der Waals surface area contributed by atoms with E-state index in [9.17, 15) is 4.39 Å². The minimum absolute atomic E-state index is 0.156. The third kappa shape index (κ3) is 2.02. The summed E-state index contributed by atoms with van der Waals surface area (Å²) in [4.78, 5) is 0. The first kappa shape index (κ1) is 10.7. The first-order valence-electron chi connectivity index (χ1n) is 5.57. The molecule has 0 aliphatic heterocycles. The van der Waals surface area contributed by atoms with Gasteiger partial charge in [0.1, 0.15) is 10.8 Å². The molecule has 0 spiro atoms. The van der Waals surface area contributed by atoms with Crippen molar-refractivity contribution in [1.82, 2.24) is 10.2 Å². The van der Waals surface area contributed by atoms with E-state index in [1.165, 1.54) is 11.6 Å². The van der Waals surface area contributed by atoms with Crippen LogP contribution in [0.3, 0.4) is 0 Å². The van der Waals surface area contributed by atoms with E-state index in [0.717, 1.165) is 28.5 Å². The molecular formula is C12H12FN3S. The molecule has 1 heterocycles. The summed E-state index contributed by atoms with van der Waals surface area (Å²) in [5.74, 6) is -0.156. The molecule has 88 valence electrons. The predicted octanol–water partition coefficient (Wildman–Crippen LogP) is 3.09. The Morgan fingerprint density at radius 1 is 1.41 bits per heavy atom. The van der Waals surface area contributed by atoms with Gasteiger partial charge in [0, 0.05) is 0 Å². The van der Waals surface area contributed by atoms with Crippen LogP contribution in [0.5, 0.6) is 0 Å². The number of aromatic nitrogens is 2. The minimum atomic E-state index is -0.156. The third-order valence-corrected chi connectivity index (χ3v) is 3.78. The molecule has 0 saturated heterocycles. The lowest BCUT2D eigenvalue weighted by atomic mass is 10.1. The fourth-order valence-electron chi connectivity index (χ4n) is 2.24. The van der Waals surface area contributed by atoms with Gasteiger partial charge in [0.2, 0.25) is 5.13 Å². The lowest BCUT2D eigenvalue weighted by molar-refractivity contribution is 0.626. The van der Waals surface area contributed by atoms with Crippen LogP contribution in [0.25, 0.3) is 0 Å². The maximum absolute atomic E-state index is 13.1. The first-order chi connectivity index (χ1) is 8.22. The topological polar surface area (TPSA) is 37.8 Å². The van der Waals surface area contributed by atoms with Gasteiger partial charge in [-0.05, 0) is 43.0 Å². The van der Waals surface area contributed by atoms with Crippen molar-refractivity contribution in [1.29, 1.82) is 0 Å². The van der Waals surface area contributed by atoms with E-state index >= 15 is 0 Å². The number of halogens is 1. The fourth-order valence-corrected chi connectivity index (χ4v) is 2.88. The van der Waals surface area contributed by atoms with Gasteiger partial charge >= 0.3 is 0 Å². The summed E-state index contributed by atoms with van der Waals surface area (Å²) in [5, 5.41) is 13.2. The Balaban J connectivity index is 1.84. The molecule has 0 saturated carbocycles. The van der Waals surface area contributed by atoms with Gasteiger partial charge in [-0.1, -0.05) is 17.4 Å². The van der Waals surface area contributed by atoms with Crippen LogP contribution in [-0.2, 0) is 6.42 Å². The molecule has 1 unspecified atom stereocenters. The summed E-state index contributed by atoms with van der Waals surface area (Å²) < 4.78 is 13.1. The van der Waals surface area contributed by atoms with Crippen molar-refractivity contribution >= 4 is 16.5 Å². The standard InChI is InChI=1S/C12H12FN3S/c1-7-15-16-12(17-7)14-11-5-2-8-6-9(13)3-4-10(8)11/h3-4,6,11H,2,5H2,1H3,(H,14,16). The van der Waals surface area contributed by atoms with Gasteiger partial charge < -0.3 is 5.32 Å². The second-order valence-electron chi connectivity index (χ2n) is 4.20. The van der Waals surface area contributed by atoms with Gasteiger partial charge in [-0.25, -0.2) is 4.39 Å². The summed E-state index contributed by atoms with van der Waals surface area (Å²) in [6.45, 7) is 1.93. The van der Waals surface area contributed by atoms with E-state index in [2.05, 4.69) is 15.5 Å². The van der Waals surface area contributed by atoms with E-state index in [-0.39, 0.29) is 11.9 Å². The fraction of sp³-hybridized carbons (Fsp3) is 0.333. The molecular weight excluding hydrogens is 237 g/mol. The molecule has 1 atom stereocenters. The number of anilines is 1. The predicted molar refractivity (Wildman–Crippen MR) is 65.7 cm³/mol. The average Bonchev–Trinajstić information content (AvgIpc) is 2.86. The molecule has 1 aliphatic rings. The quantitative estimate of drug-likeness (QED) is 0.888. The van der Waals surface area contributed by atoms with Crippen molar-refractivity contribution in [3.8, 4) is 0 Å². The van der Waals surface area contributed by atoms with Crippen LogP contribution in [-0.4, -0.2) is 10.2 Å². The Morgan fingerprint density at radius 2 is 2.29 bits per heavy atom. The monoisotopic (exact) mass is 249 g/mol. The number of fused-ring (bicyclic) bond motifs is 1. The summed E-state index contributed by atoms with van der Waals surface area (Å²) in [7, 11) is 0. The van der Waals surface area contributed by atoms with Crippen molar-refractivity contribution < 1.29 is 4.39 Å². The zero-order chi connectivity index (χ0) is 11.8. The number of aryl methyl sites for hydroxylation is 2. The van der Waals surface area contributed by atoms with Crippen molar-refractivity contribution in [3.05, 3.63) is 40.2 Å². The van der Waals surface area contributed by atoms with Gasteiger partial charge in [0.05, 0.1) is 6.04 Å².